The lowest BCUT2D eigenvalue weighted by Gasteiger charge is -2.15. The van der Waals surface area contributed by atoms with Crippen LogP contribution in [0.5, 0.6) is 23.0 Å². The molecule has 246 valence electrons. The zero-order valence-corrected chi connectivity index (χ0v) is 25.8. The second kappa shape index (κ2) is 17.6. The molecule has 0 saturated heterocycles. The first-order valence-electron chi connectivity index (χ1n) is 14.9. The lowest BCUT2D eigenvalue weighted by molar-refractivity contribution is -0.139. The Balaban J connectivity index is 1.65. The Morgan fingerprint density at radius 3 is 2.07 bits per heavy atom. The van der Waals surface area contributed by atoms with Crippen molar-refractivity contribution in [3.8, 4) is 23.0 Å². The second-order valence-electron chi connectivity index (χ2n) is 10.2. The molecule has 0 fully saturated rings. The summed E-state index contributed by atoms with van der Waals surface area (Å²) >= 11 is 0. The summed E-state index contributed by atoms with van der Waals surface area (Å²) in [6.07, 6.45) is 2.55. The molecule has 0 bridgehead atoms. The fraction of sp³-hybridized carbons (Fsp3) is 0.343. The summed E-state index contributed by atoms with van der Waals surface area (Å²) < 4.78 is 68.2. The van der Waals surface area contributed by atoms with Gasteiger partial charge in [-0.05, 0) is 79.8 Å². The van der Waals surface area contributed by atoms with E-state index in [0.29, 0.717) is 24.7 Å². The van der Waals surface area contributed by atoms with E-state index in [4.69, 9.17) is 23.7 Å². The first-order valence-corrected chi connectivity index (χ1v) is 14.9. The fourth-order valence-electron chi connectivity index (χ4n) is 4.30. The molecule has 0 N–H and O–H groups in total. The maximum absolute atomic E-state index is 14.0. The van der Waals surface area contributed by atoms with Crippen molar-refractivity contribution in [1.29, 1.82) is 0 Å². The molecule has 11 heteroatoms. The normalized spacial score (nSPS) is 11.0. The second-order valence-corrected chi connectivity index (χ2v) is 10.2. The molecule has 0 atom stereocenters. The Morgan fingerprint density at radius 2 is 1.41 bits per heavy atom. The smallest absolute Gasteiger partial charge is 0.420 e. The van der Waals surface area contributed by atoms with Crippen LogP contribution in [0.1, 0.15) is 77.3 Å². The highest BCUT2D eigenvalue weighted by molar-refractivity contribution is 5.93. The molecule has 0 spiro atoms. The number of rotatable bonds is 17. The summed E-state index contributed by atoms with van der Waals surface area (Å²) in [6.45, 7) is 5.90. The van der Waals surface area contributed by atoms with E-state index in [1.165, 1.54) is 25.3 Å². The van der Waals surface area contributed by atoms with E-state index in [2.05, 4.69) is 13.5 Å². The number of unbranched alkanes of at least 4 members (excludes halogenated alkanes) is 4. The van der Waals surface area contributed by atoms with Gasteiger partial charge in [0.25, 0.3) is 0 Å². The highest BCUT2D eigenvalue weighted by atomic mass is 19.4. The Hall–Kier alpha value is -4.80. The lowest BCUT2D eigenvalue weighted by atomic mass is 10.1. The number of alkyl halides is 3. The van der Waals surface area contributed by atoms with E-state index >= 15 is 0 Å². The SMILES string of the molecule is C=CC(=O)OCCCCOc1ccc(C(=O)Oc2ccc(C(=O)Oc3ccc(CCCCCC)cc3)cc2C(F)(F)F)cc1OC. The first-order chi connectivity index (χ1) is 22.0. The van der Waals surface area contributed by atoms with Gasteiger partial charge in [0.05, 0.1) is 37.0 Å². The predicted octanol–water partition coefficient (Wildman–Crippen LogP) is 8.16. The maximum Gasteiger partial charge on any atom is 0.420 e. The molecule has 0 aliphatic carbocycles. The minimum absolute atomic E-state index is 0.0917. The van der Waals surface area contributed by atoms with Gasteiger partial charge in [-0.2, -0.15) is 13.2 Å². The van der Waals surface area contributed by atoms with Gasteiger partial charge >= 0.3 is 24.1 Å². The largest absolute Gasteiger partial charge is 0.493 e. The molecule has 46 heavy (non-hydrogen) atoms. The number of aryl methyl sites for hydroxylation is 1. The molecule has 0 amide bonds. The van der Waals surface area contributed by atoms with Gasteiger partial charge in [0.2, 0.25) is 0 Å². The summed E-state index contributed by atoms with van der Waals surface area (Å²) in [5.74, 6) is -2.72. The van der Waals surface area contributed by atoms with Crippen LogP contribution in [0.25, 0.3) is 0 Å². The van der Waals surface area contributed by atoms with E-state index in [-0.39, 0.29) is 35.8 Å². The minimum Gasteiger partial charge on any atom is -0.493 e. The van der Waals surface area contributed by atoms with Crippen LogP contribution >= 0.6 is 0 Å². The van der Waals surface area contributed by atoms with E-state index in [1.54, 1.807) is 12.1 Å². The van der Waals surface area contributed by atoms with Crippen LogP contribution in [-0.2, 0) is 22.1 Å². The van der Waals surface area contributed by atoms with Gasteiger partial charge in [-0.25, -0.2) is 14.4 Å². The van der Waals surface area contributed by atoms with Gasteiger partial charge in [-0.3, -0.25) is 0 Å². The number of carbonyl (C=O) groups excluding carboxylic acids is 3. The molecular formula is C35H37F3O8. The van der Waals surface area contributed by atoms with Gasteiger partial charge in [0.1, 0.15) is 11.5 Å². The molecular weight excluding hydrogens is 605 g/mol. The molecule has 0 radical (unpaired) electrons. The number of benzene rings is 3. The molecule has 0 aromatic heterocycles. The number of ether oxygens (including phenoxy) is 5. The third kappa shape index (κ3) is 11.0. The summed E-state index contributed by atoms with van der Waals surface area (Å²) in [4.78, 5) is 36.6. The number of carbonyl (C=O) groups is 3. The molecule has 3 aromatic rings. The predicted molar refractivity (Wildman–Crippen MR) is 165 cm³/mol. The van der Waals surface area contributed by atoms with Crippen LogP contribution in [-0.4, -0.2) is 38.2 Å². The van der Waals surface area contributed by atoms with Crippen LogP contribution in [0.15, 0.2) is 73.3 Å². The highest BCUT2D eigenvalue weighted by Crippen LogP contribution is 2.38. The topological polar surface area (TPSA) is 97.4 Å². The van der Waals surface area contributed by atoms with Crippen LogP contribution in [0.3, 0.4) is 0 Å². The zero-order chi connectivity index (χ0) is 33.5. The van der Waals surface area contributed by atoms with Gasteiger partial charge < -0.3 is 23.7 Å². The average molecular weight is 643 g/mol. The lowest BCUT2D eigenvalue weighted by Crippen LogP contribution is -2.16. The molecule has 3 aromatic carbocycles. The van der Waals surface area contributed by atoms with Crippen molar-refractivity contribution < 1.29 is 51.2 Å². The average Bonchev–Trinajstić information content (AvgIpc) is 3.04. The third-order valence-electron chi connectivity index (χ3n) is 6.78. The molecule has 0 aliphatic heterocycles. The summed E-state index contributed by atoms with van der Waals surface area (Å²) in [5.41, 5.74) is -0.700. The van der Waals surface area contributed by atoms with Crippen LogP contribution in [0.2, 0.25) is 0 Å². The van der Waals surface area contributed by atoms with Gasteiger partial charge in [-0.1, -0.05) is 44.9 Å². The highest BCUT2D eigenvalue weighted by Gasteiger charge is 2.36. The number of methoxy groups -OCH3 is 1. The van der Waals surface area contributed by atoms with Crippen LogP contribution in [0, 0.1) is 0 Å². The van der Waals surface area contributed by atoms with Gasteiger partial charge in [-0.15, -0.1) is 0 Å². The number of hydrogen-bond acceptors (Lipinski definition) is 8. The van der Waals surface area contributed by atoms with Crippen LogP contribution < -0.4 is 18.9 Å². The summed E-state index contributed by atoms with van der Waals surface area (Å²) in [6, 6.07) is 13.4. The first kappa shape index (κ1) is 35.7. The van der Waals surface area contributed by atoms with Gasteiger partial charge in [0.15, 0.2) is 11.5 Å². The monoisotopic (exact) mass is 642 g/mol. The van der Waals surface area contributed by atoms with Crippen LogP contribution in [0.4, 0.5) is 13.2 Å². The summed E-state index contributed by atoms with van der Waals surface area (Å²) in [7, 11) is 1.34. The zero-order valence-electron chi connectivity index (χ0n) is 25.8. The number of esters is 3. The molecule has 0 unspecified atom stereocenters. The van der Waals surface area contributed by atoms with Crippen molar-refractivity contribution in [3.05, 3.63) is 95.6 Å². The number of hydrogen-bond donors (Lipinski definition) is 0. The Bertz CT molecular complexity index is 1480. The quantitative estimate of drug-likeness (QED) is 0.0630. The summed E-state index contributed by atoms with van der Waals surface area (Å²) in [5, 5.41) is 0. The van der Waals surface area contributed by atoms with Crippen molar-refractivity contribution in [2.75, 3.05) is 20.3 Å². The molecule has 8 nitrogen and oxygen atoms in total. The Labute approximate surface area is 266 Å². The fourth-order valence-corrected chi connectivity index (χ4v) is 4.30. The van der Waals surface area contributed by atoms with Crippen molar-refractivity contribution in [3.63, 3.8) is 0 Å². The van der Waals surface area contributed by atoms with Crippen molar-refractivity contribution >= 4 is 17.9 Å². The van der Waals surface area contributed by atoms with Crippen molar-refractivity contribution in [2.24, 2.45) is 0 Å². The molecule has 0 heterocycles. The molecule has 3 rings (SSSR count). The standard InChI is InChI=1S/C35H37F3O8/c1-4-6-7-8-11-24-12-16-27(17-13-24)45-33(40)25-14-18-29(28(22-25)35(36,37)38)46-34(41)26-15-19-30(31(23-26)42-3)43-20-9-10-21-44-32(39)5-2/h5,12-19,22-23H,2,4,6-11,20-21H2,1,3H3. The Morgan fingerprint density at radius 1 is 0.761 bits per heavy atom. The van der Waals surface area contributed by atoms with Crippen molar-refractivity contribution in [1.82, 2.24) is 0 Å². The number of halogens is 3. The van der Waals surface area contributed by atoms with E-state index in [0.717, 1.165) is 55.9 Å². The molecule has 0 aliphatic rings. The van der Waals surface area contributed by atoms with E-state index in [9.17, 15) is 27.6 Å². The van der Waals surface area contributed by atoms with E-state index in [1.807, 2.05) is 12.1 Å². The third-order valence-corrected chi connectivity index (χ3v) is 6.78. The van der Waals surface area contributed by atoms with Crippen molar-refractivity contribution in [2.45, 2.75) is 58.0 Å². The van der Waals surface area contributed by atoms with Gasteiger partial charge in [0, 0.05) is 6.08 Å². The molecule has 0 saturated carbocycles. The maximum atomic E-state index is 14.0. The Kier molecular flexibility index (Phi) is 13.7. The van der Waals surface area contributed by atoms with E-state index < -0.39 is 35.4 Å². The minimum atomic E-state index is -4.94.